The van der Waals surface area contributed by atoms with E-state index in [1.807, 2.05) is 0 Å². The van der Waals surface area contributed by atoms with Crippen molar-refractivity contribution >= 4 is 0 Å². The molecule has 2 fully saturated rings. The fourth-order valence-electron chi connectivity index (χ4n) is 2.22. The van der Waals surface area contributed by atoms with Crippen molar-refractivity contribution in [3.8, 4) is 0 Å². The standard InChI is InChI=1S/C10H18NO/c1-2-4-10(5-3-1)11-6-8-12-9-7-11/h1,10H,2-9H2. The van der Waals surface area contributed by atoms with E-state index in [9.17, 15) is 0 Å². The zero-order chi connectivity index (χ0) is 8.23. The van der Waals surface area contributed by atoms with E-state index in [0.717, 1.165) is 32.3 Å². The van der Waals surface area contributed by atoms with E-state index in [-0.39, 0.29) is 0 Å². The predicted molar refractivity (Wildman–Crippen MR) is 48.9 cm³/mol. The summed E-state index contributed by atoms with van der Waals surface area (Å²) < 4.78 is 5.34. The van der Waals surface area contributed by atoms with E-state index < -0.39 is 0 Å². The van der Waals surface area contributed by atoms with Gasteiger partial charge in [-0.2, -0.15) is 0 Å². The lowest BCUT2D eigenvalue weighted by molar-refractivity contribution is 0.0107. The van der Waals surface area contributed by atoms with Crippen LogP contribution in [0.1, 0.15) is 25.7 Å². The Bertz CT molecular complexity index is 110. The van der Waals surface area contributed by atoms with Gasteiger partial charge in [-0.15, -0.1) is 0 Å². The third-order valence-corrected chi connectivity index (χ3v) is 2.97. The molecule has 0 aromatic rings. The quantitative estimate of drug-likeness (QED) is 0.588. The number of hydrogen-bond acceptors (Lipinski definition) is 2. The Morgan fingerprint density at radius 3 is 2.42 bits per heavy atom. The topological polar surface area (TPSA) is 12.5 Å². The summed E-state index contributed by atoms with van der Waals surface area (Å²) in [5.74, 6) is 0. The minimum atomic E-state index is 0.860. The highest BCUT2D eigenvalue weighted by Gasteiger charge is 2.22. The number of morpholine rings is 1. The van der Waals surface area contributed by atoms with Gasteiger partial charge in [-0.3, -0.25) is 4.90 Å². The second kappa shape index (κ2) is 4.24. The van der Waals surface area contributed by atoms with Gasteiger partial charge in [0.1, 0.15) is 0 Å². The molecule has 0 unspecified atom stereocenters. The lowest BCUT2D eigenvalue weighted by Gasteiger charge is -2.36. The van der Waals surface area contributed by atoms with Gasteiger partial charge >= 0.3 is 0 Å². The Morgan fingerprint density at radius 2 is 1.75 bits per heavy atom. The maximum atomic E-state index is 5.34. The van der Waals surface area contributed by atoms with Crippen LogP contribution in [-0.4, -0.2) is 37.2 Å². The molecule has 0 bridgehead atoms. The van der Waals surface area contributed by atoms with Crippen LogP contribution < -0.4 is 0 Å². The van der Waals surface area contributed by atoms with Gasteiger partial charge in [0.05, 0.1) is 13.2 Å². The van der Waals surface area contributed by atoms with E-state index in [2.05, 4.69) is 11.3 Å². The Labute approximate surface area is 74.9 Å². The van der Waals surface area contributed by atoms with Gasteiger partial charge in [0.2, 0.25) is 0 Å². The first kappa shape index (κ1) is 8.52. The van der Waals surface area contributed by atoms with Crippen LogP contribution in [0.3, 0.4) is 0 Å². The maximum absolute atomic E-state index is 5.34. The second-order valence-electron chi connectivity index (χ2n) is 3.75. The molecule has 0 aromatic carbocycles. The summed E-state index contributed by atoms with van der Waals surface area (Å²) in [7, 11) is 0. The molecule has 2 heteroatoms. The lowest BCUT2D eigenvalue weighted by atomic mass is 9.94. The Balaban J connectivity index is 1.80. The molecule has 1 heterocycles. The van der Waals surface area contributed by atoms with Crippen molar-refractivity contribution in [3.63, 3.8) is 0 Å². The molecule has 0 atom stereocenters. The summed E-state index contributed by atoms with van der Waals surface area (Å²) in [4.78, 5) is 2.61. The zero-order valence-electron chi connectivity index (χ0n) is 7.67. The van der Waals surface area contributed by atoms with Crippen LogP contribution >= 0.6 is 0 Å². The van der Waals surface area contributed by atoms with Gasteiger partial charge in [-0.05, 0) is 32.1 Å². The minimum absolute atomic E-state index is 0.860. The average molecular weight is 168 g/mol. The van der Waals surface area contributed by atoms with Crippen molar-refractivity contribution in [2.75, 3.05) is 26.3 Å². The van der Waals surface area contributed by atoms with Crippen LogP contribution in [0.2, 0.25) is 0 Å². The molecule has 2 rings (SSSR count). The largest absolute Gasteiger partial charge is 0.379 e. The first-order chi connectivity index (χ1) is 5.97. The van der Waals surface area contributed by atoms with Crippen molar-refractivity contribution in [2.24, 2.45) is 0 Å². The highest BCUT2D eigenvalue weighted by molar-refractivity contribution is 4.83. The molecule has 2 aliphatic rings. The predicted octanol–water partition coefficient (Wildman–Crippen LogP) is 1.47. The number of nitrogens with zero attached hydrogens (tertiary/aromatic N) is 1. The van der Waals surface area contributed by atoms with Gasteiger partial charge in [-0.25, -0.2) is 0 Å². The van der Waals surface area contributed by atoms with Crippen LogP contribution in [0, 0.1) is 6.42 Å². The van der Waals surface area contributed by atoms with Crippen LogP contribution in [-0.2, 0) is 4.74 Å². The highest BCUT2D eigenvalue weighted by atomic mass is 16.5. The Morgan fingerprint density at radius 1 is 1.08 bits per heavy atom. The third kappa shape index (κ3) is 1.99. The molecule has 0 amide bonds. The molecule has 1 aliphatic heterocycles. The fourth-order valence-corrected chi connectivity index (χ4v) is 2.22. The van der Waals surface area contributed by atoms with Gasteiger partial charge in [0, 0.05) is 19.1 Å². The highest BCUT2D eigenvalue weighted by Crippen LogP contribution is 2.22. The van der Waals surface area contributed by atoms with E-state index >= 15 is 0 Å². The average Bonchev–Trinajstić information content (AvgIpc) is 2.21. The molecular formula is C10H18NO. The monoisotopic (exact) mass is 168 g/mol. The van der Waals surface area contributed by atoms with Crippen LogP contribution in [0.15, 0.2) is 0 Å². The first-order valence-corrected chi connectivity index (χ1v) is 5.10. The summed E-state index contributed by atoms with van der Waals surface area (Å²) in [6.07, 6.45) is 7.82. The molecule has 1 saturated heterocycles. The smallest absolute Gasteiger partial charge is 0.0594 e. The van der Waals surface area contributed by atoms with Crippen LogP contribution in [0.25, 0.3) is 0 Å². The van der Waals surface area contributed by atoms with Crippen LogP contribution in [0.4, 0.5) is 0 Å². The molecule has 0 spiro atoms. The molecule has 1 aliphatic carbocycles. The van der Waals surface area contributed by atoms with Gasteiger partial charge < -0.3 is 4.74 Å². The van der Waals surface area contributed by atoms with E-state index in [1.54, 1.807) is 0 Å². The molecule has 2 nitrogen and oxygen atoms in total. The van der Waals surface area contributed by atoms with Crippen molar-refractivity contribution in [3.05, 3.63) is 6.42 Å². The third-order valence-electron chi connectivity index (χ3n) is 2.97. The summed E-state index contributed by atoms with van der Waals surface area (Å²) >= 11 is 0. The van der Waals surface area contributed by atoms with Gasteiger partial charge in [0.25, 0.3) is 0 Å². The van der Waals surface area contributed by atoms with E-state index in [1.165, 1.54) is 25.7 Å². The molecule has 0 aromatic heterocycles. The Kier molecular flexibility index (Phi) is 3.01. The molecule has 1 radical (unpaired) electrons. The second-order valence-corrected chi connectivity index (χ2v) is 3.75. The Hall–Kier alpha value is -0.0800. The molecular weight excluding hydrogens is 150 g/mol. The van der Waals surface area contributed by atoms with Crippen molar-refractivity contribution in [1.82, 2.24) is 4.90 Å². The molecule has 12 heavy (non-hydrogen) atoms. The number of hydrogen-bond donors (Lipinski definition) is 0. The normalized spacial score (nSPS) is 29.0. The molecule has 69 valence electrons. The van der Waals surface area contributed by atoms with Gasteiger partial charge in [-0.1, -0.05) is 0 Å². The zero-order valence-corrected chi connectivity index (χ0v) is 7.67. The molecule has 1 saturated carbocycles. The van der Waals surface area contributed by atoms with Crippen molar-refractivity contribution < 1.29 is 4.74 Å². The summed E-state index contributed by atoms with van der Waals surface area (Å²) in [6.45, 7) is 4.20. The minimum Gasteiger partial charge on any atom is -0.379 e. The molecule has 0 N–H and O–H groups in total. The number of ether oxygens (including phenoxy) is 1. The van der Waals surface area contributed by atoms with Crippen molar-refractivity contribution in [2.45, 2.75) is 31.7 Å². The van der Waals surface area contributed by atoms with Gasteiger partial charge in [0.15, 0.2) is 0 Å². The fraction of sp³-hybridized carbons (Fsp3) is 0.900. The summed E-state index contributed by atoms with van der Waals surface area (Å²) in [5, 5.41) is 0. The van der Waals surface area contributed by atoms with E-state index in [4.69, 9.17) is 4.74 Å². The lowest BCUT2D eigenvalue weighted by Crippen LogP contribution is -2.44. The number of rotatable bonds is 1. The first-order valence-electron chi connectivity index (χ1n) is 5.10. The van der Waals surface area contributed by atoms with Crippen LogP contribution in [0.5, 0.6) is 0 Å². The summed E-state index contributed by atoms with van der Waals surface area (Å²) in [6, 6.07) is 0.860. The maximum Gasteiger partial charge on any atom is 0.0594 e. The van der Waals surface area contributed by atoms with E-state index in [0.29, 0.717) is 0 Å². The summed E-state index contributed by atoms with van der Waals surface area (Å²) in [5.41, 5.74) is 0. The SMILES string of the molecule is [CH]1CCC(N2CCOCC2)CC1. The van der Waals surface area contributed by atoms with Crippen molar-refractivity contribution in [1.29, 1.82) is 0 Å².